The van der Waals surface area contributed by atoms with Crippen LogP contribution in [0.5, 0.6) is 17.4 Å². The van der Waals surface area contributed by atoms with Gasteiger partial charge < -0.3 is 14.4 Å². The summed E-state index contributed by atoms with van der Waals surface area (Å²) in [5.41, 5.74) is 0.967. The molecule has 0 fully saturated rings. The van der Waals surface area contributed by atoms with Crippen LogP contribution in [-0.4, -0.2) is 29.4 Å². The van der Waals surface area contributed by atoms with Crippen molar-refractivity contribution >= 4 is 17.5 Å². The third kappa shape index (κ3) is 5.72. The molecule has 0 bridgehead atoms. The van der Waals surface area contributed by atoms with Gasteiger partial charge in [-0.25, -0.2) is 4.98 Å². The fraction of sp³-hybridized carbons (Fsp3) is 0.143. The molecular weight excluding hydrogens is 364 g/mol. The van der Waals surface area contributed by atoms with Gasteiger partial charge in [0, 0.05) is 30.9 Å². The molecule has 0 radical (unpaired) electrons. The van der Waals surface area contributed by atoms with Crippen molar-refractivity contribution in [3.8, 4) is 17.4 Å². The quantitative estimate of drug-likeness (QED) is 0.600. The zero-order valence-corrected chi connectivity index (χ0v) is 15.6. The average molecular weight is 383 g/mol. The molecule has 0 unspecified atom stereocenters. The number of ether oxygens (including phenoxy) is 2. The van der Waals surface area contributed by atoms with Crippen LogP contribution in [0, 0.1) is 0 Å². The van der Waals surface area contributed by atoms with E-state index in [2.05, 4.69) is 4.98 Å². The second kappa shape index (κ2) is 9.05. The smallest absolute Gasteiger partial charge is 0.260 e. The summed E-state index contributed by atoms with van der Waals surface area (Å²) in [4.78, 5) is 18.0. The molecule has 3 aromatic rings. The number of hydrogen-bond acceptors (Lipinski definition) is 4. The van der Waals surface area contributed by atoms with Crippen molar-refractivity contribution in [2.75, 3.05) is 13.7 Å². The minimum Gasteiger partial charge on any atom is -0.484 e. The molecule has 2 aromatic carbocycles. The second-order valence-corrected chi connectivity index (χ2v) is 6.35. The molecule has 1 aromatic heterocycles. The van der Waals surface area contributed by atoms with Crippen LogP contribution in [-0.2, 0) is 11.3 Å². The number of amides is 1. The van der Waals surface area contributed by atoms with E-state index in [1.165, 1.54) is 0 Å². The second-order valence-electron chi connectivity index (χ2n) is 5.91. The van der Waals surface area contributed by atoms with Crippen LogP contribution in [0.1, 0.15) is 5.56 Å². The van der Waals surface area contributed by atoms with E-state index < -0.39 is 0 Å². The van der Waals surface area contributed by atoms with Crippen molar-refractivity contribution < 1.29 is 14.3 Å². The first-order chi connectivity index (χ1) is 13.1. The van der Waals surface area contributed by atoms with Gasteiger partial charge in [-0.1, -0.05) is 29.8 Å². The number of carbonyl (C=O) groups is 1. The lowest BCUT2D eigenvalue weighted by Gasteiger charge is -2.17. The van der Waals surface area contributed by atoms with Gasteiger partial charge in [0.2, 0.25) is 5.88 Å². The predicted octanol–water partition coefficient (Wildman–Crippen LogP) is 4.56. The van der Waals surface area contributed by atoms with E-state index in [0.29, 0.717) is 28.9 Å². The maximum Gasteiger partial charge on any atom is 0.260 e. The van der Waals surface area contributed by atoms with Crippen molar-refractivity contribution in [2.45, 2.75) is 6.54 Å². The Balaban J connectivity index is 1.49. The van der Waals surface area contributed by atoms with Gasteiger partial charge in [-0.2, -0.15) is 0 Å². The van der Waals surface area contributed by atoms with E-state index in [-0.39, 0.29) is 12.5 Å². The molecule has 138 valence electrons. The van der Waals surface area contributed by atoms with Crippen LogP contribution in [0.4, 0.5) is 0 Å². The summed E-state index contributed by atoms with van der Waals surface area (Å²) in [6.45, 7) is 0.428. The Morgan fingerprint density at radius 3 is 2.52 bits per heavy atom. The summed E-state index contributed by atoms with van der Waals surface area (Å²) < 4.78 is 11.2. The van der Waals surface area contributed by atoms with Gasteiger partial charge in [0.15, 0.2) is 6.61 Å². The molecule has 6 heteroatoms. The first-order valence-corrected chi connectivity index (χ1v) is 8.78. The zero-order chi connectivity index (χ0) is 19.1. The van der Waals surface area contributed by atoms with E-state index in [0.717, 1.165) is 5.56 Å². The lowest BCUT2D eigenvalue weighted by molar-refractivity contribution is -0.132. The molecule has 0 atom stereocenters. The van der Waals surface area contributed by atoms with Crippen LogP contribution in [0.25, 0.3) is 0 Å². The first kappa shape index (κ1) is 18.7. The van der Waals surface area contributed by atoms with Gasteiger partial charge in [0.25, 0.3) is 5.91 Å². The number of carbonyl (C=O) groups excluding carboxylic acids is 1. The Bertz CT molecular complexity index is 885. The maximum absolute atomic E-state index is 12.2. The molecule has 0 N–H and O–H groups in total. The standard InChI is InChI=1S/C21H19ClN2O3/c1-24(14-16-5-4-6-17(22)13-16)21(25)15-26-18-8-10-19(11-9-18)27-20-7-2-3-12-23-20/h2-13H,14-15H2,1H3. The Labute approximate surface area is 163 Å². The van der Waals surface area contributed by atoms with E-state index in [1.807, 2.05) is 30.3 Å². The number of halogens is 1. The number of likely N-dealkylation sites (N-methyl/N-ethyl adjacent to an activating group) is 1. The van der Waals surface area contributed by atoms with Crippen molar-refractivity contribution in [3.63, 3.8) is 0 Å². The summed E-state index contributed by atoms with van der Waals surface area (Å²) in [5, 5.41) is 0.651. The Kier molecular flexibility index (Phi) is 6.28. The SMILES string of the molecule is CN(Cc1cccc(Cl)c1)C(=O)COc1ccc(Oc2ccccn2)cc1. The Hall–Kier alpha value is -3.05. The maximum atomic E-state index is 12.2. The summed E-state index contributed by atoms with van der Waals surface area (Å²) >= 11 is 5.97. The lowest BCUT2D eigenvalue weighted by atomic mass is 10.2. The van der Waals surface area contributed by atoms with Crippen LogP contribution in [0.15, 0.2) is 72.9 Å². The van der Waals surface area contributed by atoms with Gasteiger partial charge in [0.05, 0.1) is 0 Å². The lowest BCUT2D eigenvalue weighted by Crippen LogP contribution is -2.30. The van der Waals surface area contributed by atoms with Crippen molar-refractivity contribution in [1.29, 1.82) is 0 Å². The molecule has 1 amide bonds. The zero-order valence-electron chi connectivity index (χ0n) is 14.8. The van der Waals surface area contributed by atoms with E-state index in [9.17, 15) is 4.79 Å². The molecular formula is C21H19ClN2O3. The summed E-state index contributed by atoms with van der Waals surface area (Å²) in [6, 6.07) is 19.9. The summed E-state index contributed by atoms with van der Waals surface area (Å²) in [5.74, 6) is 1.63. The van der Waals surface area contributed by atoms with Crippen LogP contribution in [0.3, 0.4) is 0 Å². The number of nitrogens with zero attached hydrogens (tertiary/aromatic N) is 2. The Morgan fingerprint density at radius 2 is 1.81 bits per heavy atom. The van der Waals surface area contributed by atoms with Crippen LogP contribution < -0.4 is 9.47 Å². The summed E-state index contributed by atoms with van der Waals surface area (Å²) in [7, 11) is 1.73. The fourth-order valence-electron chi connectivity index (χ4n) is 2.38. The highest BCUT2D eigenvalue weighted by Gasteiger charge is 2.10. The number of pyridine rings is 1. The van der Waals surface area contributed by atoms with Crippen LogP contribution >= 0.6 is 11.6 Å². The largest absolute Gasteiger partial charge is 0.484 e. The monoisotopic (exact) mass is 382 g/mol. The van der Waals surface area contributed by atoms with E-state index >= 15 is 0 Å². The molecule has 0 aliphatic rings. The molecule has 1 heterocycles. The minimum atomic E-state index is -0.121. The topological polar surface area (TPSA) is 51.7 Å². The number of benzene rings is 2. The van der Waals surface area contributed by atoms with Gasteiger partial charge in [-0.3, -0.25) is 4.79 Å². The van der Waals surface area contributed by atoms with Gasteiger partial charge >= 0.3 is 0 Å². The van der Waals surface area contributed by atoms with Gasteiger partial charge in [-0.15, -0.1) is 0 Å². The molecule has 5 nitrogen and oxygen atoms in total. The number of hydrogen-bond donors (Lipinski definition) is 0. The molecule has 0 saturated heterocycles. The number of rotatable bonds is 7. The van der Waals surface area contributed by atoms with Gasteiger partial charge in [-0.05, 0) is 48.0 Å². The molecule has 0 spiro atoms. The van der Waals surface area contributed by atoms with E-state index in [4.69, 9.17) is 21.1 Å². The molecule has 27 heavy (non-hydrogen) atoms. The third-order valence-corrected chi connectivity index (χ3v) is 4.02. The normalized spacial score (nSPS) is 10.3. The molecule has 0 aliphatic heterocycles. The Morgan fingerprint density at radius 1 is 1.04 bits per heavy atom. The highest BCUT2D eigenvalue weighted by molar-refractivity contribution is 6.30. The fourth-order valence-corrected chi connectivity index (χ4v) is 2.60. The van der Waals surface area contributed by atoms with Crippen molar-refractivity contribution in [3.05, 3.63) is 83.5 Å². The first-order valence-electron chi connectivity index (χ1n) is 8.40. The minimum absolute atomic E-state index is 0.0441. The van der Waals surface area contributed by atoms with Crippen molar-refractivity contribution in [2.24, 2.45) is 0 Å². The predicted molar refractivity (Wildman–Crippen MR) is 104 cm³/mol. The van der Waals surface area contributed by atoms with E-state index in [1.54, 1.807) is 54.5 Å². The molecule has 0 aliphatic carbocycles. The molecule has 3 rings (SSSR count). The van der Waals surface area contributed by atoms with Gasteiger partial charge in [0.1, 0.15) is 11.5 Å². The third-order valence-electron chi connectivity index (χ3n) is 3.78. The number of aromatic nitrogens is 1. The van der Waals surface area contributed by atoms with Crippen molar-refractivity contribution in [1.82, 2.24) is 9.88 Å². The highest BCUT2D eigenvalue weighted by Crippen LogP contribution is 2.22. The molecule has 0 saturated carbocycles. The van der Waals surface area contributed by atoms with Crippen LogP contribution in [0.2, 0.25) is 5.02 Å². The average Bonchev–Trinajstić information content (AvgIpc) is 2.68. The highest BCUT2D eigenvalue weighted by atomic mass is 35.5. The summed E-state index contributed by atoms with van der Waals surface area (Å²) in [6.07, 6.45) is 1.66.